The van der Waals surface area contributed by atoms with Gasteiger partial charge in [-0.1, -0.05) is 37.3 Å². The molecule has 1 aromatic carbocycles. The lowest BCUT2D eigenvalue weighted by Gasteiger charge is -2.34. The first kappa shape index (κ1) is 22.4. The average molecular weight is 411 g/mol. The summed E-state index contributed by atoms with van der Waals surface area (Å²) >= 11 is 0. The molecule has 1 aliphatic heterocycles. The zero-order valence-electron chi connectivity index (χ0n) is 16.8. The number of carbonyl (C=O) groups excluding carboxylic acids is 2. The fourth-order valence-electron chi connectivity index (χ4n) is 3.46. The van der Waals surface area contributed by atoms with Gasteiger partial charge in [0, 0.05) is 32.1 Å². The summed E-state index contributed by atoms with van der Waals surface area (Å²) in [6, 6.07) is 9.63. The number of methoxy groups -OCH3 is 1. The Morgan fingerprint density at radius 2 is 1.82 bits per heavy atom. The van der Waals surface area contributed by atoms with Gasteiger partial charge in [-0.2, -0.15) is 0 Å². The summed E-state index contributed by atoms with van der Waals surface area (Å²) in [7, 11) is -1.89. The molecular formula is C20H30N2O5S. The van der Waals surface area contributed by atoms with Crippen LogP contribution in [0.5, 0.6) is 0 Å². The van der Waals surface area contributed by atoms with Gasteiger partial charge < -0.3 is 9.64 Å². The molecule has 0 N–H and O–H groups in total. The molecule has 0 bridgehead atoms. The van der Waals surface area contributed by atoms with E-state index in [2.05, 4.69) is 0 Å². The van der Waals surface area contributed by atoms with E-state index in [-0.39, 0.29) is 30.1 Å². The average Bonchev–Trinajstić information content (AvgIpc) is 2.72. The molecule has 1 heterocycles. The van der Waals surface area contributed by atoms with Gasteiger partial charge in [-0.3, -0.25) is 9.59 Å². The van der Waals surface area contributed by atoms with Crippen LogP contribution in [-0.4, -0.2) is 62.0 Å². The summed E-state index contributed by atoms with van der Waals surface area (Å²) in [6.45, 7) is 4.77. The molecule has 0 spiro atoms. The van der Waals surface area contributed by atoms with Gasteiger partial charge in [-0.15, -0.1) is 0 Å². The minimum absolute atomic E-state index is 0.0341. The largest absolute Gasteiger partial charge is 0.469 e. The normalized spacial score (nSPS) is 17.1. The Balaban J connectivity index is 2.09. The molecule has 1 atom stereocenters. The van der Waals surface area contributed by atoms with Gasteiger partial charge in [-0.05, 0) is 25.3 Å². The zero-order valence-corrected chi connectivity index (χ0v) is 17.7. The van der Waals surface area contributed by atoms with Crippen LogP contribution in [0.25, 0.3) is 0 Å². The second kappa shape index (κ2) is 10.0. The molecule has 0 radical (unpaired) electrons. The lowest BCUT2D eigenvalue weighted by molar-refractivity contribution is -0.147. The highest BCUT2D eigenvalue weighted by atomic mass is 32.2. The van der Waals surface area contributed by atoms with Crippen molar-refractivity contribution in [3.05, 3.63) is 35.9 Å². The van der Waals surface area contributed by atoms with E-state index in [1.54, 1.807) is 18.7 Å². The number of nitrogens with zero attached hydrogens (tertiary/aromatic N) is 2. The van der Waals surface area contributed by atoms with Crippen LogP contribution in [0.2, 0.25) is 0 Å². The van der Waals surface area contributed by atoms with Crippen molar-refractivity contribution in [1.82, 2.24) is 9.21 Å². The summed E-state index contributed by atoms with van der Waals surface area (Å²) in [5, 5.41) is 0. The number of amides is 1. The minimum Gasteiger partial charge on any atom is -0.469 e. The van der Waals surface area contributed by atoms with Crippen LogP contribution in [0.4, 0.5) is 0 Å². The molecule has 0 aromatic heterocycles. The molecule has 2 rings (SSSR count). The third-order valence-corrected chi connectivity index (χ3v) is 7.07. The standard InChI is InChI=1S/C20H30N2O5S/c1-4-28(25,26)22-12-10-18(11-13-22)19(23)21(14-16(2)20(24)27-3)15-17-8-6-5-7-9-17/h5-9,16,18H,4,10-15H2,1-3H3. The van der Waals surface area contributed by atoms with Crippen LogP contribution in [0.15, 0.2) is 30.3 Å². The second-order valence-electron chi connectivity index (χ2n) is 7.20. The molecule has 1 fully saturated rings. The smallest absolute Gasteiger partial charge is 0.310 e. The second-order valence-corrected chi connectivity index (χ2v) is 9.46. The Hall–Kier alpha value is -1.93. The Bertz CT molecular complexity index is 758. The van der Waals surface area contributed by atoms with E-state index >= 15 is 0 Å². The summed E-state index contributed by atoms with van der Waals surface area (Å²) < 4.78 is 30.3. The molecule has 1 aromatic rings. The lowest BCUT2D eigenvalue weighted by Crippen LogP contribution is -2.46. The molecule has 156 valence electrons. The Kier molecular flexibility index (Phi) is 8.00. The first-order valence-corrected chi connectivity index (χ1v) is 11.3. The number of hydrogen-bond donors (Lipinski definition) is 0. The topological polar surface area (TPSA) is 84.0 Å². The SMILES string of the molecule is CCS(=O)(=O)N1CCC(C(=O)N(Cc2ccccc2)CC(C)C(=O)OC)CC1. The number of hydrogen-bond acceptors (Lipinski definition) is 5. The van der Waals surface area contributed by atoms with Gasteiger partial charge in [0.25, 0.3) is 0 Å². The quantitative estimate of drug-likeness (QED) is 0.611. The van der Waals surface area contributed by atoms with E-state index in [1.165, 1.54) is 11.4 Å². The summed E-state index contributed by atoms with van der Waals surface area (Å²) in [5.74, 6) is -0.986. The van der Waals surface area contributed by atoms with Crippen molar-refractivity contribution in [1.29, 1.82) is 0 Å². The highest BCUT2D eigenvalue weighted by Crippen LogP contribution is 2.23. The molecule has 28 heavy (non-hydrogen) atoms. The minimum atomic E-state index is -3.23. The Morgan fingerprint density at radius 1 is 1.21 bits per heavy atom. The van der Waals surface area contributed by atoms with Gasteiger partial charge in [0.15, 0.2) is 0 Å². The number of carbonyl (C=O) groups is 2. The lowest BCUT2D eigenvalue weighted by atomic mass is 9.95. The number of benzene rings is 1. The van der Waals surface area contributed by atoms with Crippen molar-refractivity contribution in [3.8, 4) is 0 Å². The maximum Gasteiger partial charge on any atom is 0.310 e. The number of ether oxygens (including phenoxy) is 1. The molecule has 1 aliphatic rings. The van der Waals surface area contributed by atoms with Crippen LogP contribution < -0.4 is 0 Å². The van der Waals surface area contributed by atoms with Crippen molar-refractivity contribution in [2.45, 2.75) is 33.2 Å². The third-order valence-electron chi connectivity index (χ3n) is 5.19. The van der Waals surface area contributed by atoms with Crippen molar-refractivity contribution < 1.29 is 22.7 Å². The van der Waals surface area contributed by atoms with E-state index in [0.29, 0.717) is 32.5 Å². The molecule has 1 amide bonds. The maximum atomic E-state index is 13.2. The highest BCUT2D eigenvalue weighted by Gasteiger charge is 2.33. The van der Waals surface area contributed by atoms with Gasteiger partial charge in [0.1, 0.15) is 0 Å². The van der Waals surface area contributed by atoms with E-state index in [0.717, 1.165) is 5.56 Å². The predicted molar refractivity (Wildman–Crippen MR) is 107 cm³/mol. The molecule has 0 saturated carbocycles. The fraction of sp³-hybridized carbons (Fsp3) is 0.600. The molecule has 0 aliphatic carbocycles. The summed E-state index contributed by atoms with van der Waals surface area (Å²) in [4.78, 5) is 26.7. The highest BCUT2D eigenvalue weighted by molar-refractivity contribution is 7.89. The van der Waals surface area contributed by atoms with E-state index in [9.17, 15) is 18.0 Å². The number of sulfonamides is 1. The van der Waals surface area contributed by atoms with Crippen molar-refractivity contribution in [2.75, 3.05) is 32.5 Å². The van der Waals surface area contributed by atoms with Crippen LogP contribution in [-0.2, 0) is 30.9 Å². The van der Waals surface area contributed by atoms with E-state index in [1.807, 2.05) is 30.3 Å². The third kappa shape index (κ3) is 5.78. The predicted octanol–water partition coefficient (Wildman–Crippen LogP) is 1.89. The molecule has 8 heteroatoms. The molecule has 1 saturated heterocycles. The van der Waals surface area contributed by atoms with E-state index < -0.39 is 15.9 Å². The van der Waals surface area contributed by atoms with Crippen LogP contribution in [0, 0.1) is 11.8 Å². The first-order valence-electron chi connectivity index (χ1n) is 9.66. The summed E-state index contributed by atoms with van der Waals surface area (Å²) in [6.07, 6.45) is 0.992. The molecule has 1 unspecified atom stereocenters. The zero-order chi connectivity index (χ0) is 20.7. The molecular weight excluding hydrogens is 380 g/mol. The Morgan fingerprint density at radius 3 is 2.36 bits per heavy atom. The van der Waals surface area contributed by atoms with Crippen LogP contribution in [0.1, 0.15) is 32.3 Å². The van der Waals surface area contributed by atoms with Gasteiger partial charge in [-0.25, -0.2) is 12.7 Å². The van der Waals surface area contributed by atoms with E-state index in [4.69, 9.17) is 4.74 Å². The van der Waals surface area contributed by atoms with Crippen molar-refractivity contribution >= 4 is 21.9 Å². The molecule has 7 nitrogen and oxygen atoms in total. The number of rotatable bonds is 8. The van der Waals surface area contributed by atoms with Crippen LogP contribution >= 0.6 is 0 Å². The number of piperidine rings is 1. The van der Waals surface area contributed by atoms with Crippen molar-refractivity contribution in [2.24, 2.45) is 11.8 Å². The fourth-order valence-corrected chi connectivity index (χ4v) is 4.60. The van der Waals surface area contributed by atoms with Crippen LogP contribution in [0.3, 0.4) is 0 Å². The van der Waals surface area contributed by atoms with Crippen molar-refractivity contribution in [3.63, 3.8) is 0 Å². The van der Waals surface area contributed by atoms with Gasteiger partial charge in [0.2, 0.25) is 15.9 Å². The number of esters is 1. The summed E-state index contributed by atoms with van der Waals surface area (Å²) in [5.41, 5.74) is 0.985. The Labute approximate surface area is 167 Å². The van der Waals surface area contributed by atoms with Gasteiger partial charge in [0.05, 0.1) is 18.8 Å². The van der Waals surface area contributed by atoms with Gasteiger partial charge >= 0.3 is 5.97 Å². The maximum absolute atomic E-state index is 13.2. The monoisotopic (exact) mass is 410 g/mol. The first-order chi connectivity index (χ1) is 13.3.